The molecule has 138 valence electrons. The van der Waals surface area contributed by atoms with E-state index in [0.717, 1.165) is 0 Å². The summed E-state index contributed by atoms with van der Waals surface area (Å²) < 4.78 is 35.9. The maximum Gasteiger partial charge on any atom is 0.254 e. The lowest BCUT2D eigenvalue weighted by Gasteiger charge is -2.18. The van der Waals surface area contributed by atoms with Gasteiger partial charge in [0.15, 0.2) is 9.84 Å². The Morgan fingerprint density at radius 2 is 1.65 bits per heavy atom. The molecule has 2 aromatic rings. The summed E-state index contributed by atoms with van der Waals surface area (Å²) in [6.45, 7) is 0.574. The Labute approximate surface area is 153 Å². The lowest BCUT2D eigenvalue weighted by molar-refractivity contribution is 0.0792. The minimum absolute atomic E-state index is 0.176. The summed E-state index contributed by atoms with van der Waals surface area (Å²) in [4.78, 5) is 14.7. The van der Waals surface area contributed by atoms with Gasteiger partial charge in [-0.1, -0.05) is 18.2 Å². The molecule has 1 saturated heterocycles. The van der Waals surface area contributed by atoms with Gasteiger partial charge in [-0.3, -0.25) is 4.79 Å². The van der Waals surface area contributed by atoms with Crippen molar-refractivity contribution in [2.45, 2.75) is 16.6 Å². The van der Waals surface area contributed by atoms with Crippen molar-refractivity contribution in [3.8, 4) is 11.5 Å². The first kappa shape index (κ1) is 18.3. The van der Waals surface area contributed by atoms with E-state index in [2.05, 4.69) is 0 Å². The van der Waals surface area contributed by atoms with Crippen LogP contribution in [0.4, 0.5) is 0 Å². The van der Waals surface area contributed by atoms with Crippen LogP contribution in [0.1, 0.15) is 16.8 Å². The number of hydrogen-bond donors (Lipinski definition) is 0. The van der Waals surface area contributed by atoms with Gasteiger partial charge in [-0.15, -0.1) is 0 Å². The van der Waals surface area contributed by atoms with Crippen LogP contribution in [0.2, 0.25) is 0 Å². The Kier molecular flexibility index (Phi) is 5.18. The van der Waals surface area contributed by atoms with Crippen molar-refractivity contribution < 1.29 is 22.7 Å². The van der Waals surface area contributed by atoms with E-state index in [1.54, 1.807) is 53.4 Å². The van der Waals surface area contributed by atoms with Gasteiger partial charge in [-0.05, 0) is 30.7 Å². The first-order chi connectivity index (χ1) is 12.5. The fraction of sp³-hybridized carbons (Fsp3) is 0.316. The van der Waals surface area contributed by atoms with Crippen molar-refractivity contribution in [3.05, 3.63) is 54.1 Å². The van der Waals surface area contributed by atoms with E-state index in [4.69, 9.17) is 9.47 Å². The molecule has 1 amide bonds. The third kappa shape index (κ3) is 3.53. The molecule has 6 nitrogen and oxygen atoms in total. The molecular formula is C19H21NO5S. The van der Waals surface area contributed by atoms with Gasteiger partial charge in [0, 0.05) is 24.7 Å². The summed E-state index contributed by atoms with van der Waals surface area (Å²) in [6.07, 6.45) is 0.421. The summed E-state index contributed by atoms with van der Waals surface area (Å²) in [5, 5.41) is -0.596. The Bertz CT molecular complexity index is 873. The molecule has 0 aliphatic carbocycles. The monoisotopic (exact) mass is 375 g/mol. The normalized spacial score (nSPS) is 17.2. The number of carbonyl (C=O) groups excluding carboxylic acids is 1. The molecule has 0 saturated carbocycles. The molecule has 1 aliphatic rings. The lowest BCUT2D eigenvalue weighted by Crippen LogP contribution is -2.32. The van der Waals surface area contributed by atoms with Gasteiger partial charge in [-0.2, -0.15) is 0 Å². The van der Waals surface area contributed by atoms with Crippen molar-refractivity contribution in [2.75, 3.05) is 27.3 Å². The number of benzene rings is 2. The van der Waals surface area contributed by atoms with Crippen LogP contribution in [0, 0.1) is 0 Å². The van der Waals surface area contributed by atoms with E-state index in [1.165, 1.54) is 14.2 Å². The molecule has 0 N–H and O–H groups in total. The molecular weight excluding hydrogens is 354 g/mol. The van der Waals surface area contributed by atoms with Crippen LogP contribution < -0.4 is 9.47 Å². The van der Waals surface area contributed by atoms with Gasteiger partial charge in [0.05, 0.1) is 24.4 Å². The summed E-state index contributed by atoms with van der Waals surface area (Å²) in [5.41, 5.74) is 0.416. The smallest absolute Gasteiger partial charge is 0.254 e. The second kappa shape index (κ2) is 7.37. The van der Waals surface area contributed by atoms with Gasteiger partial charge in [0.25, 0.3) is 5.91 Å². The first-order valence-electron chi connectivity index (χ1n) is 8.27. The molecule has 0 aromatic heterocycles. The van der Waals surface area contributed by atoms with Crippen LogP contribution in [0.15, 0.2) is 53.4 Å². The third-order valence-corrected chi connectivity index (χ3v) is 6.73. The molecule has 1 heterocycles. The Morgan fingerprint density at radius 3 is 2.23 bits per heavy atom. The first-order valence-corrected chi connectivity index (χ1v) is 9.81. The third-order valence-electron chi connectivity index (χ3n) is 4.54. The molecule has 7 heteroatoms. The lowest BCUT2D eigenvalue weighted by atomic mass is 10.1. The fourth-order valence-corrected chi connectivity index (χ4v) is 4.80. The topological polar surface area (TPSA) is 72.9 Å². The second-order valence-electron chi connectivity index (χ2n) is 6.12. The minimum Gasteiger partial charge on any atom is -0.497 e. The van der Waals surface area contributed by atoms with E-state index < -0.39 is 15.1 Å². The zero-order valence-corrected chi connectivity index (χ0v) is 15.5. The van der Waals surface area contributed by atoms with E-state index in [9.17, 15) is 13.2 Å². The number of hydrogen-bond acceptors (Lipinski definition) is 5. The Hall–Kier alpha value is -2.54. The highest BCUT2D eigenvalue weighted by molar-refractivity contribution is 7.92. The van der Waals surface area contributed by atoms with Gasteiger partial charge < -0.3 is 14.4 Å². The zero-order chi connectivity index (χ0) is 18.7. The van der Waals surface area contributed by atoms with Gasteiger partial charge in [0.2, 0.25) is 0 Å². The van der Waals surface area contributed by atoms with E-state index in [-0.39, 0.29) is 12.5 Å². The summed E-state index contributed by atoms with van der Waals surface area (Å²) in [5.74, 6) is 0.800. The number of nitrogens with zero attached hydrogens (tertiary/aromatic N) is 1. The molecule has 26 heavy (non-hydrogen) atoms. The molecule has 1 atom stereocenters. The van der Waals surface area contributed by atoms with Crippen LogP contribution >= 0.6 is 0 Å². The van der Waals surface area contributed by atoms with Crippen molar-refractivity contribution in [1.82, 2.24) is 4.90 Å². The van der Waals surface area contributed by atoms with Crippen LogP contribution in [0.5, 0.6) is 11.5 Å². The number of carbonyl (C=O) groups is 1. The Balaban J connectivity index is 1.80. The fourth-order valence-electron chi connectivity index (χ4n) is 3.08. The quantitative estimate of drug-likeness (QED) is 0.802. The van der Waals surface area contributed by atoms with Crippen molar-refractivity contribution in [1.29, 1.82) is 0 Å². The van der Waals surface area contributed by atoms with Crippen LogP contribution in [0.25, 0.3) is 0 Å². The van der Waals surface area contributed by atoms with Crippen LogP contribution in [0.3, 0.4) is 0 Å². The van der Waals surface area contributed by atoms with Crippen molar-refractivity contribution in [2.24, 2.45) is 0 Å². The number of amides is 1. The number of ether oxygens (including phenoxy) is 2. The number of rotatable bonds is 5. The summed E-state index contributed by atoms with van der Waals surface area (Å²) >= 11 is 0. The van der Waals surface area contributed by atoms with Crippen LogP contribution in [-0.2, 0) is 9.84 Å². The highest BCUT2D eigenvalue weighted by Gasteiger charge is 2.36. The predicted octanol–water partition coefficient (Wildman–Crippen LogP) is 2.39. The highest BCUT2D eigenvalue weighted by Crippen LogP contribution is 2.27. The minimum atomic E-state index is -3.46. The maximum atomic E-state index is 12.8. The average molecular weight is 375 g/mol. The largest absolute Gasteiger partial charge is 0.497 e. The summed E-state index contributed by atoms with van der Waals surface area (Å²) in [6, 6.07) is 13.3. The van der Waals surface area contributed by atoms with Crippen molar-refractivity contribution >= 4 is 15.7 Å². The molecule has 1 unspecified atom stereocenters. The van der Waals surface area contributed by atoms with E-state index in [1.807, 2.05) is 0 Å². The second-order valence-corrected chi connectivity index (χ2v) is 8.35. The van der Waals surface area contributed by atoms with E-state index in [0.29, 0.717) is 34.9 Å². The number of likely N-dealkylation sites (tertiary alicyclic amines) is 1. The standard InChI is InChI=1S/C19H21NO5S/c1-24-15-10-14(11-16(12-15)25-2)19(21)20-9-8-18(13-20)26(22,23)17-6-4-3-5-7-17/h3-7,10-12,18H,8-9,13H2,1-2H3. The van der Waals surface area contributed by atoms with Crippen molar-refractivity contribution in [3.63, 3.8) is 0 Å². The van der Waals surface area contributed by atoms with Crippen LogP contribution in [-0.4, -0.2) is 51.8 Å². The molecule has 1 aliphatic heterocycles. The van der Waals surface area contributed by atoms with Gasteiger partial charge in [-0.25, -0.2) is 8.42 Å². The van der Waals surface area contributed by atoms with Gasteiger partial charge >= 0.3 is 0 Å². The SMILES string of the molecule is COc1cc(OC)cc(C(=O)N2CCC(S(=O)(=O)c3ccccc3)C2)c1. The number of methoxy groups -OCH3 is 2. The maximum absolute atomic E-state index is 12.8. The highest BCUT2D eigenvalue weighted by atomic mass is 32.2. The van der Waals surface area contributed by atoms with Gasteiger partial charge in [0.1, 0.15) is 11.5 Å². The number of sulfone groups is 1. The molecule has 0 spiro atoms. The zero-order valence-electron chi connectivity index (χ0n) is 14.7. The summed E-state index contributed by atoms with van der Waals surface area (Å²) in [7, 11) is -0.426. The average Bonchev–Trinajstić information content (AvgIpc) is 3.18. The molecule has 0 radical (unpaired) electrons. The predicted molar refractivity (Wildman–Crippen MR) is 97.5 cm³/mol. The molecule has 3 rings (SSSR count). The Morgan fingerprint density at radius 1 is 1.04 bits per heavy atom. The molecule has 2 aromatic carbocycles. The molecule has 0 bridgehead atoms. The van der Waals surface area contributed by atoms with E-state index >= 15 is 0 Å². The molecule has 1 fully saturated rings.